The molecule has 0 fully saturated rings. The second-order valence-electron chi connectivity index (χ2n) is 4.09. The molecule has 3 aromatic rings. The van der Waals surface area contributed by atoms with E-state index < -0.39 is 5.63 Å². The first kappa shape index (κ1) is 11.4. The first-order valence-electron chi connectivity index (χ1n) is 5.81. The molecule has 0 spiro atoms. The number of hydrogen-bond donors (Lipinski definition) is 0. The lowest BCUT2D eigenvalue weighted by Crippen LogP contribution is -1.99. The molecule has 0 aliphatic carbocycles. The molecule has 0 atom stereocenters. The van der Waals surface area contributed by atoms with Crippen LogP contribution in [-0.2, 0) is 0 Å². The monoisotopic (exact) mass is 250 g/mol. The normalized spacial score (nSPS) is 10.5. The van der Waals surface area contributed by atoms with Gasteiger partial charge in [0.2, 0.25) is 0 Å². The SMILES string of the molecule is C#CCOc1cc2ccccc2c2ccc(=O)oc12. The van der Waals surface area contributed by atoms with Crippen molar-refractivity contribution in [2.24, 2.45) is 0 Å². The first-order valence-corrected chi connectivity index (χ1v) is 5.81. The molecule has 92 valence electrons. The third-order valence-corrected chi connectivity index (χ3v) is 2.91. The second kappa shape index (κ2) is 4.51. The maximum absolute atomic E-state index is 11.4. The van der Waals surface area contributed by atoms with E-state index in [0.717, 1.165) is 16.2 Å². The summed E-state index contributed by atoms with van der Waals surface area (Å²) in [6.45, 7) is 0.131. The minimum Gasteiger partial charge on any atom is -0.477 e. The van der Waals surface area contributed by atoms with Crippen LogP contribution in [0.5, 0.6) is 5.75 Å². The van der Waals surface area contributed by atoms with Gasteiger partial charge in [0.1, 0.15) is 6.61 Å². The van der Waals surface area contributed by atoms with Crippen molar-refractivity contribution < 1.29 is 9.15 Å². The molecule has 2 aromatic carbocycles. The van der Waals surface area contributed by atoms with Gasteiger partial charge in [-0.25, -0.2) is 4.79 Å². The largest absolute Gasteiger partial charge is 0.477 e. The summed E-state index contributed by atoms with van der Waals surface area (Å²) >= 11 is 0. The van der Waals surface area contributed by atoms with Crippen LogP contribution in [0.15, 0.2) is 51.7 Å². The molecule has 19 heavy (non-hydrogen) atoms. The summed E-state index contributed by atoms with van der Waals surface area (Å²) < 4.78 is 10.7. The molecular formula is C16H10O3. The molecule has 3 heteroatoms. The van der Waals surface area contributed by atoms with E-state index >= 15 is 0 Å². The molecule has 0 bridgehead atoms. The van der Waals surface area contributed by atoms with Crippen LogP contribution in [0.4, 0.5) is 0 Å². The summed E-state index contributed by atoms with van der Waals surface area (Å²) in [5.41, 5.74) is 0.0230. The minimum absolute atomic E-state index is 0.131. The number of terminal acetylenes is 1. The molecule has 0 amide bonds. The molecule has 0 unspecified atom stereocenters. The number of hydrogen-bond acceptors (Lipinski definition) is 3. The molecule has 0 saturated heterocycles. The van der Waals surface area contributed by atoms with Crippen molar-refractivity contribution in [3.05, 3.63) is 52.9 Å². The van der Waals surface area contributed by atoms with E-state index in [9.17, 15) is 4.79 Å². The highest BCUT2D eigenvalue weighted by Crippen LogP contribution is 2.32. The highest BCUT2D eigenvalue weighted by molar-refractivity contribution is 6.07. The van der Waals surface area contributed by atoms with Crippen LogP contribution in [0.3, 0.4) is 0 Å². The van der Waals surface area contributed by atoms with Crippen LogP contribution in [0.1, 0.15) is 0 Å². The van der Waals surface area contributed by atoms with E-state index in [1.165, 1.54) is 6.07 Å². The van der Waals surface area contributed by atoms with Gasteiger partial charge in [0, 0.05) is 11.5 Å². The predicted molar refractivity (Wildman–Crippen MR) is 74.3 cm³/mol. The Balaban J connectivity index is 2.41. The van der Waals surface area contributed by atoms with Gasteiger partial charge in [-0.15, -0.1) is 6.42 Å². The van der Waals surface area contributed by atoms with Crippen LogP contribution in [0.2, 0.25) is 0 Å². The second-order valence-corrected chi connectivity index (χ2v) is 4.09. The number of benzene rings is 2. The Morgan fingerprint density at radius 2 is 2.00 bits per heavy atom. The number of rotatable bonds is 2. The molecule has 0 aliphatic heterocycles. The van der Waals surface area contributed by atoms with Gasteiger partial charge in [0.05, 0.1) is 0 Å². The lowest BCUT2D eigenvalue weighted by Gasteiger charge is -2.08. The lowest BCUT2D eigenvalue weighted by atomic mass is 10.1. The summed E-state index contributed by atoms with van der Waals surface area (Å²) in [5.74, 6) is 2.89. The van der Waals surface area contributed by atoms with Crippen molar-refractivity contribution in [1.82, 2.24) is 0 Å². The van der Waals surface area contributed by atoms with Gasteiger partial charge in [-0.2, -0.15) is 0 Å². The quantitative estimate of drug-likeness (QED) is 0.399. The van der Waals surface area contributed by atoms with E-state index in [4.69, 9.17) is 15.6 Å². The van der Waals surface area contributed by atoms with E-state index in [2.05, 4.69) is 5.92 Å². The van der Waals surface area contributed by atoms with Gasteiger partial charge in [0.25, 0.3) is 0 Å². The molecule has 1 heterocycles. The Morgan fingerprint density at radius 3 is 2.84 bits per heavy atom. The zero-order valence-corrected chi connectivity index (χ0v) is 10.1. The third-order valence-electron chi connectivity index (χ3n) is 2.91. The lowest BCUT2D eigenvalue weighted by molar-refractivity contribution is 0.366. The average molecular weight is 250 g/mol. The van der Waals surface area contributed by atoms with Crippen LogP contribution >= 0.6 is 0 Å². The predicted octanol–water partition coefficient (Wildman–Crippen LogP) is 2.96. The first-order chi connectivity index (χ1) is 9.29. The minimum atomic E-state index is -0.409. The fourth-order valence-electron chi connectivity index (χ4n) is 2.11. The van der Waals surface area contributed by atoms with Crippen molar-refractivity contribution in [2.75, 3.05) is 6.61 Å². The zero-order valence-electron chi connectivity index (χ0n) is 10.1. The summed E-state index contributed by atoms with van der Waals surface area (Å²) in [5, 5.41) is 2.86. The number of ether oxygens (including phenoxy) is 1. The molecule has 3 rings (SSSR count). The molecule has 0 saturated carbocycles. The average Bonchev–Trinajstić information content (AvgIpc) is 2.44. The topological polar surface area (TPSA) is 39.4 Å². The summed E-state index contributed by atoms with van der Waals surface area (Å²) in [6, 6.07) is 12.8. The summed E-state index contributed by atoms with van der Waals surface area (Å²) in [6.07, 6.45) is 5.20. The Bertz CT molecular complexity index is 853. The van der Waals surface area contributed by atoms with E-state index in [-0.39, 0.29) is 6.61 Å². The van der Waals surface area contributed by atoms with Gasteiger partial charge >= 0.3 is 5.63 Å². The Morgan fingerprint density at radius 1 is 1.16 bits per heavy atom. The molecular weight excluding hydrogens is 240 g/mol. The van der Waals surface area contributed by atoms with Gasteiger partial charge in [0.15, 0.2) is 11.3 Å². The molecule has 3 nitrogen and oxygen atoms in total. The maximum Gasteiger partial charge on any atom is 0.336 e. The van der Waals surface area contributed by atoms with Gasteiger partial charge < -0.3 is 9.15 Å². The Labute approximate surface area is 109 Å². The van der Waals surface area contributed by atoms with Crippen molar-refractivity contribution >= 4 is 21.7 Å². The molecule has 0 N–H and O–H groups in total. The van der Waals surface area contributed by atoms with Gasteiger partial charge in [-0.1, -0.05) is 30.2 Å². The van der Waals surface area contributed by atoms with Crippen LogP contribution in [0.25, 0.3) is 21.7 Å². The van der Waals surface area contributed by atoms with Gasteiger partial charge in [-0.3, -0.25) is 0 Å². The summed E-state index contributed by atoms with van der Waals surface area (Å²) in [4.78, 5) is 11.4. The molecule has 0 radical (unpaired) electrons. The summed E-state index contributed by atoms with van der Waals surface area (Å²) in [7, 11) is 0. The smallest absolute Gasteiger partial charge is 0.336 e. The Kier molecular flexibility index (Phi) is 2.70. The fourth-order valence-corrected chi connectivity index (χ4v) is 2.11. The zero-order chi connectivity index (χ0) is 13.2. The van der Waals surface area contributed by atoms with E-state index in [1.807, 2.05) is 30.3 Å². The Hall–Kier alpha value is -2.73. The maximum atomic E-state index is 11.4. The third kappa shape index (κ3) is 1.94. The van der Waals surface area contributed by atoms with Crippen molar-refractivity contribution in [3.63, 3.8) is 0 Å². The highest BCUT2D eigenvalue weighted by Gasteiger charge is 2.10. The van der Waals surface area contributed by atoms with Crippen molar-refractivity contribution in [3.8, 4) is 18.1 Å². The molecule has 1 aromatic heterocycles. The van der Waals surface area contributed by atoms with Crippen molar-refractivity contribution in [2.45, 2.75) is 0 Å². The van der Waals surface area contributed by atoms with Crippen LogP contribution in [-0.4, -0.2) is 6.61 Å². The highest BCUT2D eigenvalue weighted by atomic mass is 16.5. The number of fused-ring (bicyclic) bond motifs is 3. The van der Waals surface area contributed by atoms with E-state index in [0.29, 0.717) is 11.3 Å². The van der Waals surface area contributed by atoms with Crippen molar-refractivity contribution in [1.29, 1.82) is 0 Å². The molecule has 0 aliphatic rings. The standard InChI is InChI=1S/C16H10O3/c1-2-9-18-14-10-11-5-3-4-6-12(11)13-7-8-15(17)19-16(13)14/h1,3-8,10H,9H2. The van der Waals surface area contributed by atoms with Crippen LogP contribution in [0, 0.1) is 12.3 Å². The fraction of sp³-hybridized carbons (Fsp3) is 0.0625. The van der Waals surface area contributed by atoms with E-state index in [1.54, 1.807) is 6.07 Å². The van der Waals surface area contributed by atoms with Gasteiger partial charge in [-0.05, 0) is 22.9 Å². The van der Waals surface area contributed by atoms with Crippen LogP contribution < -0.4 is 10.4 Å².